The normalized spacial score (nSPS) is 13.1. The molecule has 0 spiro atoms. The van der Waals surface area contributed by atoms with Gasteiger partial charge in [0.25, 0.3) is 0 Å². The van der Waals surface area contributed by atoms with Crippen molar-refractivity contribution in [3.63, 3.8) is 0 Å². The molecule has 0 rings (SSSR count). The Morgan fingerprint density at radius 2 is 1.95 bits per heavy atom. The fourth-order valence-electron chi connectivity index (χ4n) is 1.60. The summed E-state index contributed by atoms with van der Waals surface area (Å²) in [7, 11) is 0. The van der Waals surface area contributed by atoms with Gasteiger partial charge in [-0.05, 0) is 25.7 Å². The summed E-state index contributed by atoms with van der Waals surface area (Å²) < 4.78 is 5.18. The summed E-state index contributed by atoms with van der Waals surface area (Å²) in [6, 6.07) is 0. The number of nitrogens with one attached hydrogen (secondary N) is 1. The SMILES string of the molecule is CC=CC=CCCC(CC(=O)NCC(C)C)OC(C)=O. The minimum Gasteiger partial charge on any atom is -0.462 e. The van der Waals surface area contributed by atoms with Crippen LogP contribution in [0.5, 0.6) is 0 Å². The highest BCUT2D eigenvalue weighted by Gasteiger charge is 2.16. The molecule has 0 aromatic heterocycles. The second-order valence-electron chi connectivity index (χ2n) is 5.16. The predicted molar refractivity (Wildman–Crippen MR) is 81.2 cm³/mol. The van der Waals surface area contributed by atoms with Gasteiger partial charge >= 0.3 is 5.97 Å². The van der Waals surface area contributed by atoms with Gasteiger partial charge in [-0.25, -0.2) is 0 Å². The van der Waals surface area contributed by atoms with Crippen LogP contribution in [0.3, 0.4) is 0 Å². The number of hydrogen-bond acceptors (Lipinski definition) is 3. The van der Waals surface area contributed by atoms with Crippen molar-refractivity contribution in [2.24, 2.45) is 5.92 Å². The zero-order valence-electron chi connectivity index (χ0n) is 13.0. The minimum atomic E-state index is -0.352. The molecule has 1 amide bonds. The lowest BCUT2D eigenvalue weighted by Gasteiger charge is -2.16. The Labute approximate surface area is 122 Å². The van der Waals surface area contributed by atoms with Crippen molar-refractivity contribution in [2.75, 3.05) is 6.54 Å². The molecule has 0 aliphatic carbocycles. The minimum absolute atomic E-state index is 0.0672. The third-order valence-electron chi connectivity index (χ3n) is 2.55. The van der Waals surface area contributed by atoms with Gasteiger partial charge in [0.05, 0.1) is 6.42 Å². The standard InChI is InChI=1S/C16H27NO3/c1-5-6-7-8-9-10-15(20-14(4)18)11-16(19)17-12-13(2)3/h5-8,13,15H,9-12H2,1-4H3,(H,17,19). The van der Waals surface area contributed by atoms with Gasteiger partial charge in [0.1, 0.15) is 6.10 Å². The molecule has 0 aromatic rings. The second-order valence-corrected chi connectivity index (χ2v) is 5.16. The van der Waals surface area contributed by atoms with Crippen LogP contribution in [0.2, 0.25) is 0 Å². The van der Waals surface area contributed by atoms with Crippen LogP contribution in [0.4, 0.5) is 0 Å². The van der Waals surface area contributed by atoms with Crippen LogP contribution in [0.1, 0.15) is 47.0 Å². The van der Waals surface area contributed by atoms with Crippen molar-refractivity contribution >= 4 is 11.9 Å². The van der Waals surface area contributed by atoms with Crippen LogP contribution in [-0.4, -0.2) is 24.5 Å². The molecular weight excluding hydrogens is 254 g/mol. The molecule has 0 fully saturated rings. The number of hydrogen-bond donors (Lipinski definition) is 1. The van der Waals surface area contributed by atoms with Crippen LogP contribution >= 0.6 is 0 Å². The van der Waals surface area contributed by atoms with E-state index in [0.29, 0.717) is 18.9 Å². The summed E-state index contributed by atoms with van der Waals surface area (Å²) in [6.07, 6.45) is 9.14. The Balaban J connectivity index is 4.19. The maximum atomic E-state index is 11.7. The highest BCUT2D eigenvalue weighted by Crippen LogP contribution is 2.09. The number of ether oxygens (including phenoxy) is 1. The molecule has 0 aliphatic rings. The van der Waals surface area contributed by atoms with Crippen molar-refractivity contribution < 1.29 is 14.3 Å². The Bertz CT molecular complexity index is 346. The second kappa shape index (κ2) is 11.3. The summed E-state index contributed by atoms with van der Waals surface area (Å²) in [5.74, 6) is 0.00127. The summed E-state index contributed by atoms with van der Waals surface area (Å²) in [4.78, 5) is 22.8. The van der Waals surface area contributed by atoms with E-state index < -0.39 is 0 Å². The molecular formula is C16H27NO3. The van der Waals surface area contributed by atoms with Crippen molar-refractivity contribution in [3.8, 4) is 0 Å². The molecule has 0 bridgehead atoms. The first-order valence-electron chi connectivity index (χ1n) is 7.17. The summed E-state index contributed by atoms with van der Waals surface area (Å²) in [5, 5.41) is 2.84. The summed E-state index contributed by atoms with van der Waals surface area (Å²) in [6.45, 7) is 8.04. The van der Waals surface area contributed by atoms with Gasteiger partial charge in [-0.15, -0.1) is 0 Å². The topological polar surface area (TPSA) is 55.4 Å². The molecule has 0 saturated carbocycles. The first-order valence-corrected chi connectivity index (χ1v) is 7.17. The van der Waals surface area contributed by atoms with E-state index in [1.807, 2.05) is 45.1 Å². The van der Waals surface area contributed by atoms with E-state index in [1.54, 1.807) is 0 Å². The van der Waals surface area contributed by atoms with Crippen LogP contribution in [-0.2, 0) is 14.3 Å². The van der Waals surface area contributed by atoms with Gasteiger partial charge in [-0.3, -0.25) is 9.59 Å². The third kappa shape index (κ3) is 11.5. The maximum absolute atomic E-state index is 11.7. The Kier molecular flexibility index (Phi) is 10.4. The van der Waals surface area contributed by atoms with Crippen molar-refractivity contribution in [2.45, 2.75) is 53.1 Å². The van der Waals surface area contributed by atoms with Crippen LogP contribution in [0, 0.1) is 5.92 Å². The highest BCUT2D eigenvalue weighted by molar-refractivity contribution is 5.77. The lowest BCUT2D eigenvalue weighted by Crippen LogP contribution is -2.31. The van der Waals surface area contributed by atoms with Gasteiger partial charge in [0.15, 0.2) is 0 Å². The van der Waals surface area contributed by atoms with E-state index in [-0.39, 0.29) is 24.4 Å². The molecule has 1 unspecified atom stereocenters. The van der Waals surface area contributed by atoms with Gasteiger partial charge < -0.3 is 10.1 Å². The summed E-state index contributed by atoms with van der Waals surface area (Å²) in [5.41, 5.74) is 0. The number of allylic oxidation sites excluding steroid dienone is 4. The molecule has 114 valence electrons. The number of rotatable bonds is 9. The Hall–Kier alpha value is -1.58. The first kappa shape index (κ1) is 18.4. The molecule has 1 N–H and O–H groups in total. The zero-order chi connectivity index (χ0) is 15.4. The van der Waals surface area contributed by atoms with Gasteiger partial charge in [0.2, 0.25) is 5.91 Å². The fraction of sp³-hybridized carbons (Fsp3) is 0.625. The third-order valence-corrected chi connectivity index (χ3v) is 2.55. The van der Waals surface area contributed by atoms with Crippen molar-refractivity contribution in [3.05, 3.63) is 24.3 Å². The van der Waals surface area contributed by atoms with Crippen LogP contribution < -0.4 is 5.32 Å². The molecule has 0 saturated heterocycles. The fourth-order valence-corrected chi connectivity index (χ4v) is 1.60. The van der Waals surface area contributed by atoms with Crippen LogP contribution in [0.15, 0.2) is 24.3 Å². The van der Waals surface area contributed by atoms with E-state index in [2.05, 4.69) is 5.32 Å². The molecule has 20 heavy (non-hydrogen) atoms. The Morgan fingerprint density at radius 3 is 2.50 bits per heavy atom. The van der Waals surface area contributed by atoms with E-state index in [1.165, 1.54) is 6.92 Å². The van der Waals surface area contributed by atoms with Gasteiger partial charge in [0, 0.05) is 13.5 Å². The van der Waals surface area contributed by atoms with E-state index >= 15 is 0 Å². The average molecular weight is 281 g/mol. The lowest BCUT2D eigenvalue weighted by molar-refractivity contribution is -0.148. The Morgan fingerprint density at radius 1 is 1.25 bits per heavy atom. The molecule has 0 aliphatic heterocycles. The number of esters is 1. The van der Waals surface area contributed by atoms with Crippen molar-refractivity contribution in [1.82, 2.24) is 5.32 Å². The van der Waals surface area contributed by atoms with Gasteiger partial charge in [-0.2, -0.15) is 0 Å². The van der Waals surface area contributed by atoms with Crippen LogP contribution in [0.25, 0.3) is 0 Å². The molecule has 4 nitrogen and oxygen atoms in total. The molecule has 1 atom stereocenters. The van der Waals surface area contributed by atoms with Crippen molar-refractivity contribution in [1.29, 1.82) is 0 Å². The predicted octanol–water partition coefficient (Wildman–Crippen LogP) is 2.99. The number of amides is 1. The van der Waals surface area contributed by atoms with E-state index in [0.717, 1.165) is 6.42 Å². The largest absolute Gasteiger partial charge is 0.462 e. The number of carbonyl (C=O) groups is 2. The molecule has 0 aromatic carbocycles. The summed E-state index contributed by atoms with van der Waals surface area (Å²) >= 11 is 0. The smallest absolute Gasteiger partial charge is 0.302 e. The first-order chi connectivity index (χ1) is 9.45. The highest BCUT2D eigenvalue weighted by atomic mass is 16.5. The number of carbonyl (C=O) groups excluding carboxylic acids is 2. The average Bonchev–Trinajstić information content (AvgIpc) is 2.35. The molecule has 4 heteroatoms. The molecule has 0 radical (unpaired) electrons. The molecule has 0 heterocycles. The van der Waals surface area contributed by atoms with Gasteiger partial charge in [-0.1, -0.05) is 38.2 Å². The monoisotopic (exact) mass is 281 g/mol. The lowest BCUT2D eigenvalue weighted by atomic mass is 10.1. The quantitative estimate of drug-likeness (QED) is 0.522. The van der Waals surface area contributed by atoms with E-state index in [9.17, 15) is 9.59 Å². The van der Waals surface area contributed by atoms with E-state index in [4.69, 9.17) is 4.74 Å². The zero-order valence-corrected chi connectivity index (χ0v) is 13.0. The maximum Gasteiger partial charge on any atom is 0.302 e.